The third-order valence-electron chi connectivity index (χ3n) is 8.90. The molecule has 2 aliphatic rings. The Labute approximate surface area is 258 Å². The van der Waals surface area contributed by atoms with E-state index in [2.05, 4.69) is 20.5 Å². The van der Waals surface area contributed by atoms with Crippen molar-refractivity contribution in [2.24, 2.45) is 0 Å². The largest absolute Gasteiger partial charge is 0.417 e. The van der Waals surface area contributed by atoms with Crippen LogP contribution in [-0.2, 0) is 6.18 Å². The van der Waals surface area contributed by atoms with Crippen molar-refractivity contribution >= 4 is 23.2 Å². The number of pyridine rings is 1. The van der Waals surface area contributed by atoms with Gasteiger partial charge >= 0.3 is 6.18 Å². The van der Waals surface area contributed by atoms with Crippen molar-refractivity contribution in [2.45, 2.75) is 70.3 Å². The average molecular weight is 628 g/mol. The lowest BCUT2D eigenvalue weighted by atomic mass is 9.95. The van der Waals surface area contributed by atoms with Crippen molar-refractivity contribution in [1.29, 1.82) is 0 Å². The minimum Gasteiger partial charge on any atom is -0.367 e. The van der Waals surface area contributed by atoms with Gasteiger partial charge in [-0.2, -0.15) is 13.2 Å². The molecular weight excluding hydrogens is 590 g/mol. The molecule has 2 aromatic carbocycles. The van der Waals surface area contributed by atoms with Crippen LogP contribution in [0.3, 0.4) is 0 Å². The number of nitrogens with one attached hydrogen (secondary N) is 3. The number of alkyl halides is 3. The number of rotatable bonds is 6. The van der Waals surface area contributed by atoms with Gasteiger partial charge in [0.1, 0.15) is 5.82 Å². The molecule has 0 spiro atoms. The van der Waals surface area contributed by atoms with Gasteiger partial charge in [-0.15, -0.1) is 0 Å². The molecule has 3 aromatic rings. The normalized spacial score (nSPS) is 19.8. The topological polar surface area (TPSA) is 97.5 Å². The van der Waals surface area contributed by atoms with Crippen molar-refractivity contribution < 1.29 is 27.2 Å². The number of likely N-dealkylation sites (N-methyl/N-ethyl adjacent to an activating group) is 1. The van der Waals surface area contributed by atoms with Crippen LogP contribution in [0.4, 0.5) is 28.9 Å². The first kappa shape index (κ1) is 32.2. The van der Waals surface area contributed by atoms with E-state index < -0.39 is 34.6 Å². The van der Waals surface area contributed by atoms with Crippen LogP contribution in [0, 0.1) is 5.82 Å². The number of halogens is 4. The van der Waals surface area contributed by atoms with Crippen molar-refractivity contribution in [2.75, 3.05) is 30.4 Å². The summed E-state index contributed by atoms with van der Waals surface area (Å²) in [5.41, 5.74) is -1.71. The molecule has 240 valence electrons. The van der Waals surface area contributed by atoms with Crippen LogP contribution in [0.2, 0.25) is 0 Å². The smallest absolute Gasteiger partial charge is 0.367 e. The zero-order valence-corrected chi connectivity index (χ0v) is 25.4. The summed E-state index contributed by atoms with van der Waals surface area (Å²) in [5, 5.41) is 5.63. The van der Waals surface area contributed by atoms with Crippen LogP contribution in [-0.4, -0.2) is 60.0 Å². The maximum Gasteiger partial charge on any atom is 0.417 e. The third kappa shape index (κ3) is 7.22. The highest BCUT2D eigenvalue weighted by molar-refractivity contribution is 6.07. The van der Waals surface area contributed by atoms with E-state index >= 15 is 4.39 Å². The Morgan fingerprint density at radius 3 is 2.29 bits per heavy atom. The average Bonchev–Trinajstić information content (AvgIpc) is 2.99. The van der Waals surface area contributed by atoms with Crippen LogP contribution in [0.1, 0.15) is 72.2 Å². The van der Waals surface area contributed by atoms with Gasteiger partial charge in [-0.1, -0.05) is 25.3 Å². The number of H-pyrrole nitrogens is 1. The predicted octanol–water partition coefficient (Wildman–Crippen LogP) is 6.04. The summed E-state index contributed by atoms with van der Waals surface area (Å²) in [5.74, 6) is -2.00. The molecule has 8 nitrogen and oxygen atoms in total. The molecule has 1 saturated heterocycles. The maximum absolute atomic E-state index is 15.3. The van der Waals surface area contributed by atoms with Gasteiger partial charge in [-0.25, -0.2) is 4.39 Å². The number of hydrogen-bond acceptors (Lipinski definition) is 5. The summed E-state index contributed by atoms with van der Waals surface area (Å²) in [6.45, 7) is 5.23. The van der Waals surface area contributed by atoms with Crippen LogP contribution in [0.5, 0.6) is 0 Å². The minimum atomic E-state index is -4.95. The summed E-state index contributed by atoms with van der Waals surface area (Å²) in [6, 6.07) is 9.59. The fourth-order valence-electron chi connectivity index (χ4n) is 6.17. The second-order valence-electron chi connectivity index (χ2n) is 12.1. The first-order valence-electron chi connectivity index (χ1n) is 15.1. The number of carbonyl (C=O) groups is 2. The van der Waals surface area contributed by atoms with Crippen molar-refractivity contribution in [3.8, 4) is 11.1 Å². The van der Waals surface area contributed by atoms with E-state index in [0.29, 0.717) is 30.4 Å². The van der Waals surface area contributed by atoms with Crippen molar-refractivity contribution in [1.82, 2.24) is 15.2 Å². The van der Waals surface area contributed by atoms with Crippen LogP contribution in [0.25, 0.3) is 11.1 Å². The lowest BCUT2D eigenvalue weighted by Crippen LogP contribution is -2.55. The number of aromatic amines is 1. The first-order chi connectivity index (χ1) is 21.3. The Morgan fingerprint density at radius 1 is 0.933 bits per heavy atom. The molecule has 0 radical (unpaired) electrons. The standard InChI is InChI=1S/C33H37F4N5O3/c1-19-17-42(18-20(2)41(19)3)29-12-10-21(14-28(29)40-32(45)25-16-38-30(43)15-26(25)33(35,36)37)24-13-22(9-11-27(24)34)31(44)39-23-7-5-4-6-8-23/h9-16,19-20,23H,4-8,17-18H2,1-3H3,(H,38,43)(H,39,44)(H,40,45)/t19-,20+. The molecule has 2 atom stereocenters. The Bertz CT molecular complexity index is 1620. The summed E-state index contributed by atoms with van der Waals surface area (Å²) in [4.78, 5) is 44.5. The predicted molar refractivity (Wildman–Crippen MR) is 165 cm³/mol. The summed E-state index contributed by atoms with van der Waals surface area (Å²) in [7, 11) is 2.01. The van der Waals surface area contributed by atoms with Crippen molar-refractivity contribution in [3.05, 3.63) is 81.5 Å². The van der Waals surface area contributed by atoms with E-state index in [9.17, 15) is 27.6 Å². The highest BCUT2D eigenvalue weighted by Gasteiger charge is 2.36. The van der Waals surface area contributed by atoms with E-state index in [4.69, 9.17) is 0 Å². The van der Waals surface area contributed by atoms with Crippen LogP contribution in [0.15, 0.2) is 53.5 Å². The van der Waals surface area contributed by atoms with Gasteiger partial charge in [0.2, 0.25) is 5.56 Å². The number of nitrogens with zero attached hydrogens (tertiary/aromatic N) is 2. The third-order valence-corrected chi connectivity index (χ3v) is 8.90. The second kappa shape index (κ2) is 13.0. The highest BCUT2D eigenvalue weighted by Crippen LogP contribution is 2.36. The molecule has 1 aliphatic carbocycles. The number of piperazine rings is 1. The molecule has 0 unspecified atom stereocenters. The Hall–Kier alpha value is -4.19. The molecule has 1 saturated carbocycles. The number of carbonyl (C=O) groups excluding carboxylic acids is 2. The van der Waals surface area contributed by atoms with Gasteiger partial charge in [0.15, 0.2) is 0 Å². The molecule has 3 N–H and O–H groups in total. The zero-order chi connectivity index (χ0) is 32.5. The van der Waals surface area contributed by atoms with Gasteiger partial charge < -0.3 is 20.5 Å². The second-order valence-corrected chi connectivity index (χ2v) is 12.1. The lowest BCUT2D eigenvalue weighted by molar-refractivity contribution is -0.138. The molecule has 2 fully saturated rings. The molecule has 5 rings (SSSR count). The summed E-state index contributed by atoms with van der Waals surface area (Å²) in [6.07, 6.45) is 0.767. The Kier molecular flexibility index (Phi) is 9.33. The van der Waals surface area contributed by atoms with Crippen LogP contribution < -0.4 is 21.1 Å². The molecule has 0 bridgehead atoms. The van der Waals surface area contributed by atoms with Crippen LogP contribution >= 0.6 is 0 Å². The fraction of sp³-hybridized carbons (Fsp3) is 0.424. The number of aromatic nitrogens is 1. The Balaban J connectivity index is 1.53. The SMILES string of the molecule is C[C@@H]1CN(c2ccc(-c3cc(C(=O)NC4CCCCC4)ccc3F)cc2NC(=O)c2c[nH]c(=O)cc2C(F)(F)F)C[C@H](C)N1C. The van der Waals surface area contributed by atoms with E-state index in [-0.39, 0.29) is 40.8 Å². The minimum absolute atomic E-state index is 0.0590. The summed E-state index contributed by atoms with van der Waals surface area (Å²) >= 11 is 0. The summed E-state index contributed by atoms with van der Waals surface area (Å²) < 4.78 is 56.6. The van der Waals surface area contributed by atoms with E-state index in [0.717, 1.165) is 38.3 Å². The monoisotopic (exact) mass is 627 g/mol. The van der Waals surface area contributed by atoms with E-state index in [1.807, 2.05) is 25.8 Å². The molecular formula is C33H37F4N5O3. The molecule has 45 heavy (non-hydrogen) atoms. The van der Waals surface area contributed by atoms with Gasteiger partial charge in [-0.3, -0.25) is 19.3 Å². The molecule has 2 heterocycles. The van der Waals surface area contributed by atoms with Gasteiger partial charge in [0.25, 0.3) is 11.8 Å². The van der Waals surface area contributed by atoms with E-state index in [1.165, 1.54) is 24.3 Å². The van der Waals surface area contributed by atoms with Gasteiger partial charge in [0, 0.05) is 54.6 Å². The molecule has 1 aromatic heterocycles. The number of amides is 2. The fourth-order valence-corrected chi connectivity index (χ4v) is 6.17. The Morgan fingerprint density at radius 2 is 1.62 bits per heavy atom. The van der Waals surface area contributed by atoms with Gasteiger partial charge in [0.05, 0.1) is 22.5 Å². The van der Waals surface area contributed by atoms with Gasteiger partial charge in [-0.05, 0) is 69.6 Å². The van der Waals surface area contributed by atoms with E-state index in [1.54, 1.807) is 12.1 Å². The lowest BCUT2D eigenvalue weighted by Gasteiger charge is -2.44. The van der Waals surface area contributed by atoms with Crippen molar-refractivity contribution in [3.63, 3.8) is 0 Å². The molecule has 1 aliphatic heterocycles. The number of hydrogen-bond donors (Lipinski definition) is 3. The zero-order valence-electron chi connectivity index (χ0n) is 25.4. The highest BCUT2D eigenvalue weighted by atomic mass is 19.4. The quantitative estimate of drug-likeness (QED) is 0.290. The first-order valence-corrected chi connectivity index (χ1v) is 15.1. The maximum atomic E-state index is 15.3. The number of anilines is 2. The molecule has 2 amide bonds. The molecule has 12 heteroatoms. The number of benzene rings is 2.